The number of hydrogen-bond acceptors (Lipinski definition) is 4. The van der Waals surface area contributed by atoms with Crippen LogP contribution in [0.5, 0.6) is 0 Å². The number of carbonyl (C=O) groups is 1. The third-order valence-corrected chi connectivity index (χ3v) is 5.48. The van der Waals surface area contributed by atoms with E-state index in [0.717, 1.165) is 43.7 Å². The van der Waals surface area contributed by atoms with Crippen LogP contribution in [0.25, 0.3) is 0 Å². The minimum atomic E-state index is -0.545. The van der Waals surface area contributed by atoms with Gasteiger partial charge in [0.1, 0.15) is 5.82 Å². The van der Waals surface area contributed by atoms with Gasteiger partial charge < -0.3 is 20.6 Å². The topological polar surface area (TPSA) is 64.6 Å². The van der Waals surface area contributed by atoms with E-state index < -0.39 is 5.54 Å². The van der Waals surface area contributed by atoms with Crippen molar-refractivity contribution in [2.75, 3.05) is 24.5 Å². The molecule has 0 aliphatic carbocycles. The molecule has 154 valence electrons. The molecule has 2 aliphatic rings. The van der Waals surface area contributed by atoms with Crippen molar-refractivity contribution >= 4 is 36.4 Å². The molecule has 2 heterocycles. The van der Waals surface area contributed by atoms with E-state index in [2.05, 4.69) is 15.5 Å². The fraction of sp³-hybridized carbons (Fsp3) is 0.632. The zero-order valence-corrected chi connectivity index (χ0v) is 17.5. The number of rotatable bonds is 4. The molecular weight excluding hydrogens is 392 g/mol. The van der Waals surface area contributed by atoms with Crippen LogP contribution in [0.4, 0.5) is 10.1 Å². The number of nitrogens with one attached hydrogen (secondary N) is 2. The van der Waals surface area contributed by atoms with Crippen LogP contribution in [0, 0.1) is 5.82 Å². The Morgan fingerprint density at radius 2 is 2.04 bits per heavy atom. The first-order valence-electron chi connectivity index (χ1n) is 9.17. The van der Waals surface area contributed by atoms with E-state index in [1.165, 1.54) is 12.1 Å². The van der Waals surface area contributed by atoms with Crippen LogP contribution in [0.15, 0.2) is 18.2 Å². The summed E-state index contributed by atoms with van der Waals surface area (Å²) in [6, 6.07) is 4.46. The number of halogens is 3. The number of aliphatic hydroxyl groups excluding tert-OH is 1. The zero-order chi connectivity index (χ0) is 18.0. The second-order valence-electron chi connectivity index (χ2n) is 7.48. The Bertz CT molecular complexity index is 633. The summed E-state index contributed by atoms with van der Waals surface area (Å²) in [5.74, 6) is -0.344. The Morgan fingerprint density at radius 3 is 2.63 bits per heavy atom. The van der Waals surface area contributed by atoms with Crippen molar-refractivity contribution in [1.82, 2.24) is 10.6 Å². The van der Waals surface area contributed by atoms with Gasteiger partial charge in [0, 0.05) is 24.3 Å². The lowest BCUT2D eigenvalue weighted by molar-refractivity contribution is -0.127. The first-order valence-corrected chi connectivity index (χ1v) is 9.17. The fourth-order valence-corrected chi connectivity index (χ4v) is 3.79. The minimum absolute atomic E-state index is 0. The summed E-state index contributed by atoms with van der Waals surface area (Å²) >= 11 is 0. The molecule has 3 rings (SSSR count). The Hall–Kier alpha value is -1.08. The Kier molecular flexibility index (Phi) is 8.80. The number of amides is 1. The van der Waals surface area contributed by atoms with Crippen molar-refractivity contribution < 1.29 is 14.3 Å². The summed E-state index contributed by atoms with van der Waals surface area (Å²) in [4.78, 5) is 14.8. The highest BCUT2D eigenvalue weighted by Crippen LogP contribution is 2.30. The Morgan fingerprint density at radius 1 is 1.37 bits per heavy atom. The highest BCUT2D eigenvalue weighted by atomic mass is 35.5. The lowest BCUT2D eigenvalue weighted by Gasteiger charge is -2.34. The van der Waals surface area contributed by atoms with Gasteiger partial charge >= 0.3 is 0 Å². The first-order chi connectivity index (χ1) is 11.9. The molecule has 2 fully saturated rings. The Labute approximate surface area is 172 Å². The molecule has 1 aromatic rings. The maximum Gasteiger partial charge on any atom is 0.240 e. The molecule has 2 atom stereocenters. The molecule has 0 radical (unpaired) electrons. The zero-order valence-electron chi connectivity index (χ0n) is 15.8. The third-order valence-electron chi connectivity index (χ3n) is 5.48. The van der Waals surface area contributed by atoms with Crippen LogP contribution in [-0.4, -0.2) is 42.3 Å². The normalized spacial score (nSPS) is 23.9. The first kappa shape index (κ1) is 24.0. The van der Waals surface area contributed by atoms with Crippen LogP contribution in [0.1, 0.15) is 51.1 Å². The van der Waals surface area contributed by atoms with Gasteiger partial charge in [0.15, 0.2) is 0 Å². The molecule has 1 amide bonds. The van der Waals surface area contributed by atoms with Gasteiger partial charge in [-0.1, -0.05) is 0 Å². The van der Waals surface area contributed by atoms with Crippen molar-refractivity contribution in [3.05, 3.63) is 29.6 Å². The summed E-state index contributed by atoms with van der Waals surface area (Å²) in [5.41, 5.74) is 1.17. The highest BCUT2D eigenvalue weighted by Gasteiger charge is 2.36. The quantitative estimate of drug-likeness (QED) is 0.698. The van der Waals surface area contributed by atoms with Crippen LogP contribution >= 0.6 is 24.8 Å². The molecule has 8 heteroatoms. The molecule has 5 nitrogen and oxygen atoms in total. The van der Waals surface area contributed by atoms with Gasteiger partial charge in [-0.3, -0.25) is 4.79 Å². The molecule has 27 heavy (non-hydrogen) atoms. The molecule has 2 saturated heterocycles. The minimum Gasteiger partial charge on any atom is -0.393 e. The van der Waals surface area contributed by atoms with Gasteiger partial charge in [-0.25, -0.2) is 4.39 Å². The average molecular weight is 422 g/mol. The van der Waals surface area contributed by atoms with Gasteiger partial charge in [-0.05, 0) is 64.3 Å². The van der Waals surface area contributed by atoms with Crippen molar-refractivity contribution in [3.63, 3.8) is 0 Å². The number of carbonyl (C=O) groups excluding carboxylic acids is 1. The third kappa shape index (κ3) is 5.47. The number of aliphatic hydroxyl groups is 1. The molecule has 0 aromatic heterocycles. The molecular formula is C19H30Cl2FN3O2. The predicted octanol–water partition coefficient (Wildman–Crippen LogP) is 2.95. The maximum absolute atomic E-state index is 13.9. The van der Waals surface area contributed by atoms with Crippen LogP contribution in [0.2, 0.25) is 0 Å². The van der Waals surface area contributed by atoms with E-state index in [1.54, 1.807) is 6.07 Å². The van der Waals surface area contributed by atoms with Gasteiger partial charge in [-0.2, -0.15) is 0 Å². The van der Waals surface area contributed by atoms with Gasteiger partial charge in [0.25, 0.3) is 0 Å². The predicted molar refractivity (Wildman–Crippen MR) is 111 cm³/mol. The average Bonchev–Trinajstić information content (AvgIpc) is 3.04. The molecule has 0 spiro atoms. The molecule has 0 bridgehead atoms. The monoisotopic (exact) mass is 421 g/mol. The summed E-state index contributed by atoms with van der Waals surface area (Å²) in [6.07, 6.45) is 2.95. The van der Waals surface area contributed by atoms with Crippen LogP contribution in [-0.2, 0) is 4.79 Å². The highest BCUT2D eigenvalue weighted by molar-refractivity contribution is 5.86. The lowest BCUT2D eigenvalue weighted by Crippen LogP contribution is -2.51. The van der Waals surface area contributed by atoms with Gasteiger partial charge in [0.05, 0.1) is 17.7 Å². The summed E-state index contributed by atoms with van der Waals surface area (Å²) < 4.78 is 13.9. The fourth-order valence-electron chi connectivity index (χ4n) is 3.79. The summed E-state index contributed by atoms with van der Waals surface area (Å²) in [7, 11) is 0. The van der Waals surface area contributed by atoms with Crippen molar-refractivity contribution in [3.8, 4) is 0 Å². The van der Waals surface area contributed by atoms with E-state index in [0.29, 0.717) is 12.8 Å². The largest absolute Gasteiger partial charge is 0.393 e. The van der Waals surface area contributed by atoms with E-state index in [1.807, 2.05) is 13.8 Å². The lowest BCUT2D eigenvalue weighted by atomic mass is 9.97. The molecule has 2 unspecified atom stereocenters. The maximum atomic E-state index is 13.9. The second-order valence-corrected chi connectivity index (χ2v) is 7.48. The van der Waals surface area contributed by atoms with E-state index in [4.69, 9.17) is 0 Å². The molecule has 0 saturated carbocycles. The Balaban J connectivity index is 0.00000182. The summed E-state index contributed by atoms with van der Waals surface area (Å²) in [6.45, 7) is 6.13. The van der Waals surface area contributed by atoms with Crippen LogP contribution < -0.4 is 15.5 Å². The number of nitrogens with zero attached hydrogens (tertiary/aromatic N) is 1. The number of benzene rings is 1. The second kappa shape index (κ2) is 9.92. The summed E-state index contributed by atoms with van der Waals surface area (Å²) in [5, 5.41) is 16.0. The smallest absolute Gasteiger partial charge is 0.240 e. The SMILES string of the molecule is CC(NC(=O)C1(C)CCCN1)c1cc(F)ccc1N1CCC(O)CC1.Cl.Cl. The van der Waals surface area contributed by atoms with E-state index >= 15 is 0 Å². The number of hydrogen-bond donors (Lipinski definition) is 3. The van der Waals surface area contributed by atoms with Gasteiger partial charge in [-0.15, -0.1) is 24.8 Å². The van der Waals surface area contributed by atoms with Crippen molar-refractivity contribution in [2.24, 2.45) is 0 Å². The van der Waals surface area contributed by atoms with Crippen molar-refractivity contribution in [2.45, 2.75) is 57.2 Å². The number of piperidine rings is 1. The standard InChI is InChI=1S/C19H28FN3O2.2ClH/c1-13(22-18(25)19(2)8-3-9-21-19)16-12-14(20)4-5-17(16)23-10-6-15(24)7-11-23;;/h4-5,12-13,15,21,24H,3,6-11H2,1-2H3,(H,22,25);2*1H. The van der Waals surface area contributed by atoms with Crippen molar-refractivity contribution in [1.29, 1.82) is 0 Å². The molecule has 2 aliphatic heterocycles. The molecule has 1 aromatic carbocycles. The van der Waals surface area contributed by atoms with E-state index in [9.17, 15) is 14.3 Å². The van der Waals surface area contributed by atoms with E-state index in [-0.39, 0.29) is 48.7 Å². The van der Waals surface area contributed by atoms with Crippen LogP contribution in [0.3, 0.4) is 0 Å². The number of anilines is 1. The molecule has 3 N–H and O–H groups in total. The van der Waals surface area contributed by atoms with Gasteiger partial charge in [0.2, 0.25) is 5.91 Å².